The lowest BCUT2D eigenvalue weighted by Gasteiger charge is -1.97. The van der Waals surface area contributed by atoms with Crippen molar-refractivity contribution in [2.24, 2.45) is 0 Å². The third kappa shape index (κ3) is 2.71. The molecule has 0 amide bonds. The summed E-state index contributed by atoms with van der Waals surface area (Å²) >= 11 is 0. The van der Waals surface area contributed by atoms with Gasteiger partial charge >= 0.3 is 5.97 Å². The van der Waals surface area contributed by atoms with Gasteiger partial charge in [-0.25, -0.2) is 9.18 Å². The monoisotopic (exact) mass is 241 g/mol. The molecule has 0 saturated heterocycles. The Labute approximate surface area is 103 Å². The number of benzene rings is 1. The number of aromatic nitrogens is 1. The zero-order valence-corrected chi connectivity index (χ0v) is 9.22. The van der Waals surface area contributed by atoms with Gasteiger partial charge in [0.2, 0.25) is 0 Å². The van der Waals surface area contributed by atoms with Gasteiger partial charge in [0.15, 0.2) is 0 Å². The molecule has 1 heterocycles. The predicted molar refractivity (Wildman–Crippen MR) is 63.6 cm³/mol. The first-order valence-corrected chi connectivity index (χ1v) is 5.12. The summed E-state index contributed by atoms with van der Waals surface area (Å²) in [5, 5.41) is 8.70. The molecule has 4 heteroatoms. The fourth-order valence-electron chi connectivity index (χ4n) is 1.32. The minimum Gasteiger partial charge on any atom is -0.478 e. The van der Waals surface area contributed by atoms with Crippen molar-refractivity contribution >= 4 is 5.97 Å². The quantitative estimate of drug-likeness (QED) is 0.779. The Bertz CT molecular complexity index is 642. The molecule has 0 aliphatic heterocycles. The van der Waals surface area contributed by atoms with Crippen LogP contribution in [0.4, 0.5) is 4.39 Å². The maximum absolute atomic E-state index is 13.5. The van der Waals surface area contributed by atoms with Gasteiger partial charge in [-0.3, -0.25) is 4.98 Å². The Balaban J connectivity index is 2.31. The SMILES string of the molecule is O=C(O)c1ccc(C#Cc2ccncc2)c(F)c1. The number of hydrogen-bond donors (Lipinski definition) is 1. The van der Waals surface area contributed by atoms with Gasteiger partial charge in [0, 0.05) is 18.0 Å². The van der Waals surface area contributed by atoms with E-state index in [1.165, 1.54) is 12.1 Å². The molecular formula is C14H8FNO2. The van der Waals surface area contributed by atoms with Crippen molar-refractivity contribution in [3.05, 3.63) is 65.2 Å². The molecule has 1 aromatic carbocycles. The first kappa shape index (κ1) is 11.8. The Morgan fingerprint density at radius 3 is 2.50 bits per heavy atom. The van der Waals surface area contributed by atoms with Gasteiger partial charge in [-0.1, -0.05) is 11.8 Å². The summed E-state index contributed by atoms with van der Waals surface area (Å²) in [7, 11) is 0. The fourth-order valence-corrected chi connectivity index (χ4v) is 1.32. The molecule has 88 valence electrons. The largest absolute Gasteiger partial charge is 0.478 e. The molecule has 3 nitrogen and oxygen atoms in total. The first-order chi connectivity index (χ1) is 8.66. The summed E-state index contributed by atoms with van der Waals surface area (Å²) in [4.78, 5) is 14.5. The van der Waals surface area contributed by atoms with Gasteiger partial charge in [0.05, 0.1) is 11.1 Å². The van der Waals surface area contributed by atoms with Crippen LogP contribution in [0.15, 0.2) is 42.7 Å². The molecular weight excluding hydrogens is 233 g/mol. The Kier molecular flexibility index (Phi) is 3.35. The summed E-state index contributed by atoms with van der Waals surface area (Å²) in [5.74, 6) is 3.62. The number of aromatic carboxylic acids is 1. The molecule has 0 aliphatic carbocycles. The molecule has 0 bridgehead atoms. The van der Waals surface area contributed by atoms with E-state index in [2.05, 4.69) is 16.8 Å². The van der Waals surface area contributed by atoms with Crippen LogP contribution in [0.1, 0.15) is 21.5 Å². The maximum Gasteiger partial charge on any atom is 0.335 e. The minimum absolute atomic E-state index is 0.0954. The van der Waals surface area contributed by atoms with Crippen molar-refractivity contribution in [1.82, 2.24) is 4.98 Å². The molecule has 0 spiro atoms. The van der Waals surface area contributed by atoms with Crippen LogP contribution in [0.25, 0.3) is 0 Å². The van der Waals surface area contributed by atoms with Gasteiger partial charge in [0.1, 0.15) is 5.82 Å². The van der Waals surface area contributed by atoms with Crippen LogP contribution in [0.3, 0.4) is 0 Å². The molecule has 2 rings (SSSR count). The molecule has 0 fully saturated rings. The van der Waals surface area contributed by atoms with Gasteiger partial charge in [-0.05, 0) is 30.3 Å². The number of carbonyl (C=O) groups is 1. The number of pyridine rings is 1. The third-order valence-electron chi connectivity index (χ3n) is 2.24. The van der Waals surface area contributed by atoms with E-state index in [1.807, 2.05) is 0 Å². The maximum atomic E-state index is 13.5. The summed E-state index contributed by atoms with van der Waals surface area (Å²) in [6.07, 6.45) is 3.18. The highest BCUT2D eigenvalue weighted by atomic mass is 19.1. The van der Waals surface area contributed by atoms with Gasteiger partial charge in [-0.2, -0.15) is 0 Å². The second kappa shape index (κ2) is 5.11. The molecule has 0 radical (unpaired) electrons. The summed E-state index contributed by atoms with van der Waals surface area (Å²) < 4.78 is 13.5. The molecule has 0 atom stereocenters. The fraction of sp³-hybridized carbons (Fsp3) is 0. The van der Waals surface area contributed by atoms with Crippen molar-refractivity contribution in [3.8, 4) is 11.8 Å². The average Bonchev–Trinajstić information content (AvgIpc) is 2.38. The lowest BCUT2D eigenvalue weighted by atomic mass is 10.1. The van der Waals surface area contributed by atoms with Crippen molar-refractivity contribution in [1.29, 1.82) is 0 Å². The Morgan fingerprint density at radius 2 is 1.89 bits per heavy atom. The molecule has 0 aliphatic rings. The van der Waals surface area contributed by atoms with Crippen LogP contribution >= 0.6 is 0 Å². The Morgan fingerprint density at radius 1 is 1.17 bits per heavy atom. The third-order valence-corrected chi connectivity index (χ3v) is 2.24. The molecule has 1 aromatic heterocycles. The molecule has 18 heavy (non-hydrogen) atoms. The number of rotatable bonds is 1. The van der Waals surface area contributed by atoms with E-state index in [0.717, 1.165) is 6.07 Å². The molecule has 1 N–H and O–H groups in total. The lowest BCUT2D eigenvalue weighted by molar-refractivity contribution is 0.0696. The first-order valence-electron chi connectivity index (χ1n) is 5.12. The second-order valence-electron chi connectivity index (χ2n) is 3.49. The van der Waals surface area contributed by atoms with Crippen molar-refractivity contribution in [2.75, 3.05) is 0 Å². The van der Waals surface area contributed by atoms with Crippen LogP contribution in [0.2, 0.25) is 0 Å². The highest BCUT2D eigenvalue weighted by Crippen LogP contribution is 2.09. The zero-order valence-electron chi connectivity index (χ0n) is 9.22. The van der Waals surface area contributed by atoms with Gasteiger partial charge in [-0.15, -0.1) is 0 Å². The van der Waals surface area contributed by atoms with E-state index in [9.17, 15) is 9.18 Å². The van der Waals surface area contributed by atoms with E-state index in [-0.39, 0.29) is 11.1 Å². The van der Waals surface area contributed by atoms with E-state index in [1.54, 1.807) is 24.5 Å². The Hall–Kier alpha value is -2.67. The average molecular weight is 241 g/mol. The normalized spacial score (nSPS) is 9.39. The number of carboxylic acids is 1. The standard InChI is InChI=1S/C14H8FNO2/c15-13-9-12(14(17)18)4-3-11(13)2-1-10-5-7-16-8-6-10/h3-9H,(H,17,18). The highest BCUT2D eigenvalue weighted by molar-refractivity contribution is 5.87. The van der Waals surface area contributed by atoms with Crippen molar-refractivity contribution in [2.45, 2.75) is 0 Å². The van der Waals surface area contributed by atoms with E-state index < -0.39 is 11.8 Å². The summed E-state index contributed by atoms with van der Waals surface area (Å²) in [6.45, 7) is 0. The van der Waals surface area contributed by atoms with Crippen LogP contribution in [-0.2, 0) is 0 Å². The van der Waals surface area contributed by atoms with E-state index in [4.69, 9.17) is 5.11 Å². The van der Waals surface area contributed by atoms with Crippen LogP contribution in [0, 0.1) is 17.7 Å². The second-order valence-corrected chi connectivity index (χ2v) is 3.49. The van der Waals surface area contributed by atoms with Crippen LogP contribution in [-0.4, -0.2) is 16.1 Å². The topological polar surface area (TPSA) is 50.2 Å². The molecule has 0 saturated carbocycles. The smallest absolute Gasteiger partial charge is 0.335 e. The van der Waals surface area contributed by atoms with Crippen LogP contribution < -0.4 is 0 Å². The molecule has 2 aromatic rings. The van der Waals surface area contributed by atoms with E-state index >= 15 is 0 Å². The van der Waals surface area contributed by atoms with Gasteiger partial charge in [0.25, 0.3) is 0 Å². The van der Waals surface area contributed by atoms with Crippen molar-refractivity contribution < 1.29 is 14.3 Å². The summed E-state index contributed by atoms with van der Waals surface area (Å²) in [5.41, 5.74) is 0.783. The number of nitrogens with zero attached hydrogens (tertiary/aromatic N) is 1. The summed E-state index contributed by atoms with van der Waals surface area (Å²) in [6, 6.07) is 7.04. The predicted octanol–water partition coefficient (Wildman–Crippen LogP) is 2.32. The number of hydrogen-bond acceptors (Lipinski definition) is 2. The molecule has 0 unspecified atom stereocenters. The number of carboxylic acid groups (broad SMARTS) is 1. The number of halogens is 1. The zero-order chi connectivity index (χ0) is 13.0. The van der Waals surface area contributed by atoms with Crippen molar-refractivity contribution in [3.63, 3.8) is 0 Å². The minimum atomic E-state index is -1.16. The highest BCUT2D eigenvalue weighted by Gasteiger charge is 2.06. The van der Waals surface area contributed by atoms with Crippen LogP contribution in [0.5, 0.6) is 0 Å². The van der Waals surface area contributed by atoms with E-state index in [0.29, 0.717) is 5.56 Å². The van der Waals surface area contributed by atoms with Gasteiger partial charge < -0.3 is 5.11 Å². The lowest BCUT2D eigenvalue weighted by Crippen LogP contribution is -1.97.